The predicted molar refractivity (Wildman–Crippen MR) is 99.1 cm³/mol. The summed E-state index contributed by atoms with van der Waals surface area (Å²) in [5.74, 6) is 0.606. The van der Waals surface area contributed by atoms with E-state index in [0.29, 0.717) is 5.75 Å². The van der Waals surface area contributed by atoms with E-state index in [-0.39, 0.29) is 5.92 Å². The highest BCUT2D eigenvalue weighted by atomic mass is 16.3. The molecule has 3 aromatic carbocycles. The molecule has 0 bridgehead atoms. The number of fused-ring (bicyclic) bond motifs is 5. The third-order valence-electron chi connectivity index (χ3n) is 5.22. The molecular formula is C23H18NO+. The van der Waals surface area contributed by atoms with Crippen molar-refractivity contribution in [1.82, 2.24) is 0 Å². The van der Waals surface area contributed by atoms with E-state index in [1.54, 1.807) is 6.07 Å². The second kappa shape index (κ2) is 5.45. The van der Waals surface area contributed by atoms with Crippen molar-refractivity contribution >= 4 is 10.8 Å². The molecule has 0 fully saturated rings. The summed E-state index contributed by atoms with van der Waals surface area (Å²) in [4.78, 5) is 0. The molecule has 1 aliphatic rings. The van der Waals surface area contributed by atoms with E-state index >= 15 is 0 Å². The Morgan fingerprint density at radius 3 is 2.48 bits per heavy atom. The van der Waals surface area contributed by atoms with Crippen LogP contribution in [0.25, 0.3) is 16.5 Å². The van der Waals surface area contributed by atoms with Gasteiger partial charge in [-0.15, -0.1) is 0 Å². The van der Waals surface area contributed by atoms with Gasteiger partial charge in [-0.2, -0.15) is 4.57 Å². The molecule has 1 aromatic heterocycles. The van der Waals surface area contributed by atoms with E-state index in [2.05, 4.69) is 65.4 Å². The highest BCUT2D eigenvalue weighted by Crippen LogP contribution is 2.39. The van der Waals surface area contributed by atoms with Crippen molar-refractivity contribution in [2.24, 2.45) is 0 Å². The minimum atomic E-state index is 0.232. The number of aromatic nitrogens is 1. The lowest BCUT2D eigenvalue weighted by molar-refractivity contribution is -0.596. The van der Waals surface area contributed by atoms with Gasteiger partial charge in [-0.1, -0.05) is 54.6 Å². The van der Waals surface area contributed by atoms with Crippen LogP contribution < -0.4 is 4.57 Å². The number of phenolic OH excluding ortho intramolecular Hbond substituents is 1. The number of benzene rings is 3. The molecule has 0 saturated heterocycles. The molecule has 120 valence electrons. The molecule has 0 spiro atoms. The number of para-hydroxylation sites is 2. The van der Waals surface area contributed by atoms with Gasteiger partial charge in [0.25, 0.3) is 0 Å². The summed E-state index contributed by atoms with van der Waals surface area (Å²) >= 11 is 0. The number of hydrogen-bond acceptors (Lipinski definition) is 1. The van der Waals surface area contributed by atoms with Gasteiger partial charge in [0.2, 0.25) is 11.4 Å². The molecule has 0 radical (unpaired) electrons. The Bertz CT molecular complexity index is 1100. The van der Waals surface area contributed by atoms with Gasteiger partial charge < -0.3 is 5.11 Å². The van der Waals surface area contributed by atoms with Crippen LogP contribution in [0.4, 0.5) is 0 Å². The van der Waals surface area contributed by atoms with Gasteiger partial charge in [0.15, 0.2) is 6.20 Å². The van der Waals surface area contributed by atoms with Crippen molar-refractivity contribution < 1.29 is 9.67 Å². The highest BCUT2D eigenvalue weighted by molar-refractivity contribution is 5.85. The summed E-state index contributed by atoms with van der Waals surface area (Å²) in [6, 6.07) is 27.0. The molecule has 0 aliphatic carbocycles. The van der Waals surface area contributed by atoms with E-state index < -0.39 is 0 Å². The lowest BCUT2D eigenvalue weighted by Crippen LogP contribution is -2.31. The van der Waals surface area contributed by atoms with Crippen LogP contribution >= 0.6 is 0 Å². The molecule has 0 amide bonds. The Kier molecular flexibility index (Phi) is 3.10. The average molecular weight is 324 g/mol. The monoisotopic (exact) mass is 324 g/mol. The smallest absolute Gasteiger partial charge is 0.214 e. The Labute approximate surface area is 146 Å². The molecule has 0 saturated carbocycles. The largest absolute Gasteiger partial charge is 0.508 e. The Morgan fingerprint density at radius 2 is 1.56 bits per heavy atom. The van der Waals surface area contributed by atoms with Crippen LogP contribution in [0.15, 0.2) is 85.1 Å². The van der Waals surface area contributed by atoms with Crippen LogP contribution in [0.2, 0.25) is 0 Å². The summed E-state index contributed by atoms with van der Waals surface area (Å²) in [5.41, 5.74) is 4.86. The molecule has 1 N–H and O–H groups in total. The van der Waals surface area contributed by atoms with Crippen molar-refractivity contribution in [3.05, 3.63) is 102 Å². The molecule has 1 atom stereocenters. The first kappa shape index (κ1) is 14.2. The first-order valence-corrected chi connectivity index (χ1v) is 8.62. The average Bonchev–Trinajstić information content (AvgIpc) is 2.98. The fraction of sp³-hybridized carbons (Fsp3) is 0.0870. The zero-order valence-corrected chi connectivity index (χ0v) is 13.8. The molecule has 1 aliphatic heterocycles. The van der Waals surface area contributed by atoms with Gasteiger partial charge in [-0.05, 0) is 29.5 Å². The topological polar surface area (TPSA) is 24.1 Å². The third kappa shape index (κ3) is 2.14. The number of rotatable bonds is 2. The van der Waals surface area contributed by atoms with Crippen LogP contribution in [0.5, 0.6) is 5.75 Å². The van der Waals surface area contributed by atoms with Gasteiger partial charge >= 0.3 is 0 Å². The standard InChI is InChI=1S/C23H17NO/c25-22-12-6-2-8-17(22)15-20-19-10-4-5-11-21(19)24-14-13-16-7-1-3-9-18(16)23(20)24/h1-14,20H,15H2/p+1. The molecule has 2 heterocycles. The van der Waals surface area contributed by atoms with Gasteiger partial charge in [0, 0.05) is 17.7 Å². The van der Waals surface area contributed by atoms with Gasteiger partial charge in [-0.3, -0.25) is 0 Å². The fourth-order valence-corrected chi connectivity index (χ4v) is 4.07. The van der Waals surface area contributed by atoms with Crippen molar-refractivity contribution in [2.75, 3.05) is 0 Å². The molecular weight excluding hydrogens is 306 g/mol. The van der Waals surface area contributed by atoms with E-state index in [1.807, 2.05) is 18.2 Å². The number of nitrogens with zero attached hydrogens (tertiary/aromatic N) is 1. The van der Waals surface area contributed by atoms with Crippen LogP contribution in [0.3, 0.4) is 0 Å². The molecule has 1 unspecified atom stereocenters. The molecule has 2 nitrogen and oxygen atoms in total. The highest BCUT2D eigenvalue weighted by Gasteiger charge is 2.38. The Balaban J connectivity index is 1.76. The lowest BCUT2D eigenvalue weighted by atomic mass is 9.88. The summed E-state index contributed by atoms with van der Waals surface area (Å²) in [7, 11) is 0. The maximum atomic E-state index is 10.3. The maximum absolute atomic E-state index is 10.3. The van der Waals surface area contributed by atoms with E-state index in [9.17, 15) is 5.11 Å². The number of hydrogen-bond donors (Lipinski definition) is 1. The normalized spacial score (nSPS) is 15.1. The summed E-state index contributed by atoms with van der Waals surface area (Å²) < 4.78 is 2.31. The second-order valence-electron chi connectivity index (χ2n) is 6.60. The Hall–Kier alpha value is -3.13. The van der Waals surface area contributed by atoms with E-state index in [1.165, 1.54) is 27.7 Å². The predicted octanol–water partition coefficient (Wildman–Crippen LogP) is 4.51. The van der Waals surface area contributed by atoms with Crippen LogP contribution in [-0.4, -0.2) is 5.11 Å². The van der Waals surface area contributed by atoms with Crippen LogP contribution in [0, 0.1) is 0 Å². The Morgan fingerprint density at radius 1 is 0.800 bits per heavy atom. The molecule has 25 heavy (non-hydrogen) atoms. The molecule has 5 rings (SSSR count). The zero-order chi connectivity index (χ0) is 16.8. The SMILES string of the molecule is Oc1ccccc1CC1c2ccccc2-[n+]2ccc3ccccc3c21. The third-order valence-corrected chi connectivity index (χ3v) is 5.22. The summed E-state index contributed by atoms with van der Waals surface area (Å²) in [5, 5.41) is 12.8. The van der Waals surface area contributed by atoms with Crippen LogP contribution in [-0.2, 0) is 6.42 Å². The fourth-order valence-electron chi connectivity index (χ4n) is 4.07. The minimum absolute atomic E-state index is 0.232. The summed E-state index contributed by atoms with van der Waals surface area (Å²) in [6.07, 6.45) is 2.96. The van der Waals surface area contributed by atoms with Gasteiger partial charge in [-0.25, -0.2) is 0 Å². The van der Waals surface area contributed by atoms with Gasteiger partial charge in [0.1, 0.15) is 5.75 Å². The molecule has 4 aromatic rings. The first-order valence-electron chi connectivity index (χ1n) is 8.62. The quantitative estimate of drug-likeness (QED) is 0.539. The number of phenols is 1. The maximum Gasteiger partial charge on any atom is 0.214 e. The van der Waals surface area contributed by atoms with Crippen molar-refractivity contribution in [2.45, 2.75) is 12.3 Å². The van der Waals surface area contributed by atoms with E-state index in [4.69, 9.17) is 0 Å². The second-order valence-corrected chi connectivity index (χ2v) is 6.60. The van der Waals surface area contributed by atoms with Crippen molar-refractivity contribution in [1.29, 1.82) is 0 Å². The zero-order valence-electron chi connectivity index (χ0n) is 13.8. The minimum Gasteiger partial charge on any atom is -0.508 e. The van der Waals surface area contributed by atoms with Crippen LogP contribution in [0.1, 0.15) is 22.7 Å². The summed E-state index contributed by atoms with van der Waals surface area (Å²) in [6.45, 7) is 0. The molecule has 2 heteroatoms. The van der Waals surface area contributed by atoms with Crippen molar-refractivity contribution in [3.8, 4) is 11.4 Å². The lowest BCUT2D eigenvalue weighted by Gasteiger charge is -2.11. The van der Waals surface area contributed by atoms with Crippen molar-refractivity contribution in [3.63, 3.8) is 0 Å². The van der Waals surface area contributed by atoms with E-state index in [0.717, 1.165) is 12.0 Å². The van der Waals surface area contributed by atoms with Gasteiger partial charge in [0.05, 0.1) is 11.3 Å². The first-order chi connectivity index (χ1) is 12.3. The number of aromatic hydroxyl groups is 1. The number of pyridine rings is 1.